The van der Waals surface area contributed by atoms with Gasteiger partial charge in [-0.25, -0.2) is 4.68 Å². The Hall–Kier alpha value is -3.12. The maximum Gasteiger partial charge on any atom is 0.274 e. The zero-order valence-electron chi connectivity index (χ0n) is 17.1. The molecule has 30 heavy (non-hydrogen) atoms. The fourth-order valence-electron chi connectivity index (χ4n) is 4.13. The third kappa shape index (κ3) is 3.37. The number of carbonyl (C=O) groups excluding carboxylic acids is 1. The maximum atomic E-state index is 13.5. The van der Waals surface area contributed by atoms with Gasteiger partial charge in [-0.2, -0.15) is 5.10 Å². The standard InChI is InChI=1S/C24H25N3O3/c1-29-20-10-8-18(9-11-20)22-16-21(25-27(22)19-6-3-2-4-7-19)23(28)26-14-5-15-30-17-24(26)12-13-24/h2-4,6-11,16H,5,12-15,17H2,1H3. The third-order valence-corrected chi connectivity index (χ3v) is 6.00. The van der Waals surface area contributed by atoms with Crippen LogP contribution < -0.4 is 4.74 Å². The van der Waals surface area contributed by atoms with Crippen LogP contribution in [-0.2, 0) is 4.74 Å². The number of hydrogen-bond acceptors (Lipinski definition) is 4. The van der Waals surface area contributed by atoms with E-state index in [-0.39, 0.29) is 11.4 Å². The van der Waals surface area contributed by atoms with Gasteiger partial charge in [0.15, 0.2) is 5.69 Å². The molecule has 3 aromatic rings. The largest absolute Gasteiger partial charge is 0.497 e. The van der Waals surface area contributed by atoms with E-state index >= 15 is 0 Å². The van der Waals surface area contributed by atoms with Crippen LogP contribution in [0.5, 0.6) is 5.75 Å². The minimum Gasteiger partial charge on any atom is -0.497 e. The second-order valence-corrected chi connectivity index (χ2v) is 7.98. The van der Waals surface area contributed by atoms with E-state index in [1.807, 2.05) is 70.2 Å². The number of aromatic nitrogens is 2. The van der Waals surface area contributed by atoms with Crippen molar-refractivity contribution in [3.8, 4) is 22.7 Å². The van der Waals surface area contributed by atoms with Gasteiger partial charge in [-0.1, -0.05) is 18.2 Å². The number of hydrogen-bond donors (Lipinski definition) is 0. The molecule has 1 aromatic heterocycles. The first-order valence-corrected chi connectivity index (χ1v) is 10.4. The Morgan fingerprint density at radius 2 is 1.87 bits per heavy atom. The average molecular weight is 403 g/mol. The molecule has 1 aliphatic carbocycles. The molecule has 1 saturated heterocycles. The minimum absolute atomic E-state index is 0.0116. The van der Waals surface area contributed by atoms with Crippen molar-refractivity contribution in [2.45, 2.75) is 24.8 Å². The molecule has 0 bridgehead atoms. The Bertz CT molecular complexity index is 1040. The van der Waals surface area contributed by atoms with Gasteiger partial charge in [0.2, 0.25) is 0 Å². The molecule has 1 spiro atoms. The summed E-state index contributed by atoms with van der Waals surface area (Å²) >= 11 is 0. The predicted molar refractivity (Wildman–Crippen MR) is 114 cm³/mol. The molecule has 0 atom stereocenters. The molecule has 2 fully saturated rings. The Kier molecular flexibility index (Phi) is 4.79. The van der Waals surface area contributed by atoms with E-state index in [1.165, 1.54) is 0 Å². The SMILES string of the molecule is COc1ccc(-c2cc(C(=O)N3CCCOCC34CC4)nn2-c2ccccc2)cc1. The van der Waals surface area contributed by atoms with E-state index in [4.69, 9.17) is 14.6 Å². The number of nitrogens with zero attached hydrogens (tertiary/aromatic N) is 3. The molecule has 1 amide bonds. The Labute approximate surface area is 176 Å². The monoisotopic (exact) mass is 403 g/mol. The molecule has 6 nitrogen and oxygen atoms in total. The Morgan fingerprint density at radius 1 is 1.10 bits per heavy atom. The van der Waals surface area contributed by atoms with Crippen molar-refractivity contribution in [1.82, 2.24) is 14.7 Å². The second-order valence-electron chi connectivity index (χ2n) is 7.98. The molecule has 154 valence electrons. The summed E-state index contributed by atoms with van der Waals surface area (Å²) in [5, 5.41) is 4.75. The molecule has 2 aromatic carbocycles. The molecular formula is C24H25N3O3. The molecule has 6 heteroatoms. The van der Waals surface area contributed by atoms with Crippen LogP contribution >= 0.6 is 0 Å². The van der Waals surface area contributed by atoms with Gasteiger partial charge >= 0.3 is 0 Å². The topological polar surface area (TPSA) is 56.6 Å². The summed E-state index contributed by atoms with van der Waals surface area (Å²) in [6.45, 7) is 2.06. The minimum atomic E-state index is -0.135. The quantitative estimate of drug-likeness (QED) is 0.662. The molecule has 5 rings (SSSR count). The highest BCUT2D eigenvalue weighted by molar-refractivity contribution is 5.94. The fourth-order valence-corrected chi connectivity index (χ4v) is 4.13. The number of carbonyl (C=O) groups is 1. The fraction of sp³-hybridized carbons (Fsp3) is 0.333. The first kappa shape index (κ1) is 18.9. The van der Waals surface area contributed by atoms with Gasteiger partial charge in [0, 0.05) is 18.7 Å². The normalized spacial score (nSPS) is 17.6. The van der Waals surface area contributed by atoms with Crippen molar-refractivity contribution in [2.75, 3.05) is 26.9 Å². The smallest absolute Gasteiger partial charge is 0.274 e. The van der Waals surface area contributed by atoms with E-state index < -0.39 is 0 Å². The predicted octanol–water partition coefficient (Wildman–Crippen LogP) is 3.94. The van der Waals surface area contributed by atoms with Crippen LogP contribution in [-0.4, -0.2) is 53.0 Å². The van der Waals surface area contributed by atoms with E-state index in [9.17, 15) is 4.79 Å². The Balaban J connectivity index is 1.56. The average Bonchev–Trinajstić information content (AvgIpc) is 3.50. The van der Waals surface area contributed by atoms with Crippen LogP contribution in [0, 0.1) is 0 Å². The first-order valence-electron chi connectivity index (χ1n) is 10.4. The highest BCUT2D eigenvalue weighted by atomic mass is 16.5. The first-order chi connectivity index (χ1) is 14.7. The number of para-hydroxylation sites is 1. The van der Waals surface area contributed by atoms with Gasteiger partial charge in [0.25, 0.3) is 5.91 Å². The van der Waals surface area contributed by atoms with Crippen molar-refractivity contribution in [3.63, 3.8) is 0 Å². The highest BCUT2D eigenvalue weighted by Gasteiger charge is 2.51. The number of benzene rings is 2. The lowest BCUT2D eigenvalue weighted by atomic mass is 10.1. The van der Waals surface area contributed by atoms with Gasteiger partial charge in [-0.05, 0) is 61.7 Å². The van der Waals surface area contributed by atoms with Crippen molar-refractivity contribution < 1.29 is 14.3 Å². The molecule has 2 heterocycles. The molecule has 0 N–H and O–H groups in total. The molecule has 1 aliphatic heterocycles. The van der Waals surface area contributed by atoms with Crippen LogP contribution in [0.1, 0.15) is 29.8 Å². The summed E-state index contributed by atoms with van der Waals surface area (Å²) < 4.78 is 12.9. The zero-order chi connectivity index (χ0) is 20.6. The summed E-state index contributed by atoms with van der Waals surface area (Å²) in [6.07, 6.45) is 2.87. The van der Waals surface area contributed by atoms with Crippen LogP contribution in [0.3, 0.4) is 0 Å². The van der Waals surface area contributed by atoms with Crippen molar-refractivity contribution in [1.29, 1.82) is 0 Å². The van der Waals surface area contributed by atoms with Crippen molar-refractivity contribution >= 4 is 5.91 Å². The second kappa shape index (κ2) is 7.61. The van der Waals surface area contributed by atoms with Crippen LogP contribution in [0.4, 0.5) is 0 Å². The summed E-state index contributed by atoms with van der Waals surface area (Å²) in [5.41, 5.74) is 3.11. The zero-order valence-corrected chi connectivity index (χ0v) is 17.1. The van der Waals surface area contributed by atoms with Gasteiger partial charge in [0.1, 0.15) is 5.75 Å². The summed E-state index contributed by atoms with van der Waals surface area (Å²) in [5.74, 6) is 0.781. The van der Waals surface area contributed by atoms with Crippen molar-refractivity contribution in [2.24, 2.45) is 0 Å². The lowest BCUT2D eigenvalue weighted by molar-refractivity contribution is 0.0545. The molecule has 0 radical (unpaired) electrons. The summed E-state index contributed by atoms with van der Waals surface area (Å²) in [4.78, 5) is 15.5. The van der Waals surface area contributed by atoms with Gasteiger partial charge in [-0.3, -0.25) is 4.79 Å². The molecule has 2 aliphatic rings. The molecule has 1 saturated carbocycles. The number of amides is 1. The van der Waals surface area contributed by atoms with Crippen LogP contribution in [0.25, 0.3) is 16.9 Å². The maximum absolute atomic E-state index is 13.5. The number of ether oxygens (including phenoxy) is 2. The van der Waals surface area contributed by atoms with Crippen LogP contribution in [0.15, 0.2) is 60.7 Å². The Morgan fingerprint density at radius 3 is 2.57 bits per heavy atom. The molecular weight excluding hydrogens is 378 g/mol. The van der Waals surface area contributed by atoms with E-state index in [2.05, 4.69) is 0 Å². The van der Waals surface area contributed by atoms with Crippen LogP contribution in [0.2, 0.25) is 0 Å². The molecule has 0 unspecified atom stereocenters. The van der Waals surface area contributed by atoms with E-state index in [0.29, 0.717) is 18.9 Å². The van der Waals surface area contributed by atoms with Crippen molar-refractivity contribution in [3.05, 3.63) is 66.4 Å². The summed E-state index contributed by atoms with van der Waals surface area (Å²) in [6, 6.07) is 19.6. The van der Waals surface area contributed by atoms with Gasteiger partial charge in [0.05, 0.1) is 30.6 Å². The van der Waals surface area contributed by atoms with E-state index in [0.717, 1.165) is 48.5 Å². The third-order valence-electron chi connectivity index (χ3n) is 6.00. The van der Waals surface area contributed by atoms with E-state index in [1.54, 1.807) is 7.11 Å². The summed E-state index contributed by atoms with van der Waals surface area (Å²) in [7, 11) is 1.65. The number of methoxy groups -OCH3 is 1. The lowest BCUT2D eigenvalue weighted by Crippen LogP contribution is -2.44. The van der Waals surface area contributed by atoms with Gasteiger partial charge < -0.3 is 14.4 Å². The number of rotatable bonds is 4. The highest BCUT2D eigenvalue weighted by Crippen LogP contribution is 2.44. The lowest BCUT2D eigenvalue weighted by Gasteiger charge is -2.28. The van der Waals surface area contributed by atoms with Gasteiger partial charge in [-0.15, -0.1) is 0 Å².